The Bertz CT molecular complexity index is 735. The number of hydrogen-bond acceptors (Lipinski definition) is 5. The molecular formula is C18H21NO3S2. The van der Waals surface area contributed by atoms with E-state index in [1.165, 1.54) is 23.3 Å². The second-order valence-corrected chi connectivity index (χ2v) is 7.84. The molecule has 6 heteroatoms. The van der Waals surface area contributed by atoms with Gasteiger partial charge in [0.15, 0.2) is 0 Å². The van der Waals surface area contributed by atoms with Crippen LogP contribution in [0, 0.1) is 13.8 Å². The summed E-state index contributed by atoms with van der Waals surface area (Å²) in [4.78, 5) is 26.4. The van der Waals surface area contributed by atoms with Gasteiger partial charge < -0.3 is 10.1 Å². The van der Waals surface area contributed by atoms with Gasteiger partial charge in [-0.05, 0) is 42.9 Å². The van der Waals surface area contributed by atoms with E-state index in [9.17, 15) is 9.59 Å². The number of benzene rings is 1. The third kappa shape index (κ3) is 4.39. The summed E-state index contributed by atoms with van der Waals surface area (Å²) in [6.07, 6.45) is 0.272. The molecule has 128 valence electrons. The SMILES string of the molecule is CCSc1ccc(CC(=O)Nc2sc(C)c(C)c2C(=O)OC)cc1. The fourth-order valence-electron chi connectivity index (χ4n) is 2.29. The van der Waals surface area contributed by atoms with E-state index in [-0.39, 0.29) is 12.3 Å². The molecule has 0 bridgehead atoms. The van der Waals surface area contributed by atoms with Crippen molar-refractivity contribution >= 4 is 40.0 Å². The third-order valence-electron chi connectivity index (χ3n) is 3.63. The molecule has 0 aliphatic carbocycles. The fourth-order valence-corrected chi connectivity index (χ4v) is 4.02. The Balaban J connectivity index is 2.10. The van der Waals surface area contributed by atoms with Crippen molar-refractivity contribution in [3.8, 4) is 0 Å². The summed E-state index contributed by atoms with van der Waals surface area (Å²) in [7, 11) is 1.34. The van der Waals surface area contributed by atoms with E-state index in [0.29, 0.717) is 10.6 Å². The Labute approximate surface area is 150 Å². The summed E-state index contributed by atoms with van der Waals surface area (Å²) < 4.78 is 4.82. The van der Waals surface area contributed by atoms with Crippen molar-refractivity contribution in [2.75, 3.05) is 18.2 Å². The van der Waals surface area contributed by atoms with E-state index in [1.54, 1.807) is 11.8 Å². The van der Waals surface area contributed by atoms with Gasteiger partial charge in [-0.3, -0.25) is 4.79 Å². The van der Waals surface area contributed by atoms with Gasteiger partial charge in [-0.15, -0.1) is 23.1 Å². The maximum atomic E-state index is 12.3. The van der Waals surface area contributed by atoms with Gasteiger partial charge in [-0.1, -0.05) is 19.1 Å². The van der Waals surface area contributed by atoms with Crippen LogP contribution in [-0.4, -0.2) is 24.7 Å². The lowest BCUT2D eigenvalue weighted by Crippen LogP contribution is -2.16. The van der Waals surface area contributed by atoms with Gasteiger partial charge in [-0.2, -0.15) is 0 Å². The Hall–Kier alpha value is -1.79. The minimum Gasteiger partial charge on any atom is -0.465 e. The lowest BCUT2D eigenvalue weighted by Gasteiger charge is -2.07. The normalized spacial score (nSPS) is 10.5. The number of hydrogen-bond donors (Lipinski definition) is 1. The van der Waals surface area contributed by atoms with Crippen LogP contribution < -0.4 is 5.32 Å². The molecule has 2 aromatic rings. The summed E-state index contributed by atoms with van der Waals surface area (Å²) >= 11 is 3.16. The van der Waals surface area contributed by atoms with Crippen LogP contribution >= 0.6 is 23.1 Å². The number of carbonyl (C=O) groups excluding carboxylic acids is 2. The number of ether oxygens (including phenoxy) is 1. The van der Waals surface area contributed by atoms with Crippen molar-refractivity contribution in [1.29, 1.82) is 0 Å². The smallest absolute Gasteiger partial charge is 0.341 e. The van der Waals surface area contributed by atoms with Crippen LogP contribution in [0.3, 0.4) is 0 Å². The highest BCUT2D eigenvalue weighted by Crippen LogP contribution is 2.33. The molecule has 0 fully saturated rings. The van der Waals surface area contributed by atoms with Gasteiger partial charge in [0.1, 0.15) is 5.00 Å². The van der Waals surface area contributed by atoms with E-state index in [2.05, 4.69) is 12.2 Å². The van der Waals surface area contributed by atoms with Crippen LogP contribution in [0.1, 0.15) is 33.3 Å². The van der Waals surface area contributed by atoms with Crippen molar-refractivity contribution in [2.45, 2.75) is 32.1 Å². The van der Waals surface area contributed by atoms with E-state index in [1.807, 2.05) is 38.1 Å². The topological polar surface area (TPSA) is 55.4 Å². The van der Waals surface area contributed by atoms with Crippen LogP contribution in [-0.2, 0) is 16.0 Å². The van der Waals surface area contributed by atoms with Crippen LogP contribution in [0.2, 0.25) is 0 Å². The van der Waals surface area contributed by atoms with Crippen LogP contribution in [0.4, 0.5) is 5.00 Å². The minimum absolute atomic E-state index is 0.141. The van der Waals surface area contributed by atoms with Gasteiger partial charge in [0.2, 0.25) is 5.91 Å². The fraction of sp³-hybridized carbons (Fsp3) is 0.333. The summed E-state index contributed by atoms with van der Waals surface area (Å²) in [6, 6.07) is 7.97. The zero-order valence-corrected chi connectivity index (χ0v) is 15.9. The number of methoxy groups -OCH3 is 1. The van der Waals surface area contributed by atoms with Crippen molar-refractivity contribution in [3.63, 3.8) is 0 Å². The zero-order chi connectivity index (χ0) is 17.7. The average molecular weight is 364 g/mol. The number of anilines is 1. The number of amides is 1. The molecular weight excluding hydrogens is 342 g/mol. The van der Waals surface area contributed by atoms with Crippen molar-refractivity contribution in [1.82, 2.24) is 0 Å². The Kier molecular flexibility index (Phi) is 6.45. The monoisotopic (exact) mass is 363 g/mol. The van der Waals surface area contributed by atoms with E-state index in [4.69, 9.17) is 4.74 Å². The third-order valence-corrected chi connectivity index (χ3v) is 5.64. The number of nitrogens with one attached hydrogen (secondary N) is 1. The van der Waals surface area contributed by atoms with Crippen LogP contribution in [0.25, 0.3) is 0 Å². The molecule has 0 saturated heterocycles. The zero-order valence-electron chi connectivity index (χ0n) is 14.3. The Morgan fingerprint density at radius 3 is 2.46 bits per heavy atom. The van der Waals surface area contributed by atoms with E-state index < -0.39 is 5.97 Å². The maximum Gasteiger partial charge on any atom is 0.341 e. The molecule has 1 N–H and O–H groups in total. The molecule has 1 aromatic carbocycles. The number of rotatable bonds is 6. The lowest BCUT2D eigenvalue weighted by molar-refractivity contribution is -0.115. The molecule has 2 rings (SSSR count). The van der Waals surface area contributed by atoms with Gasteiger partial charge >= 0.3 is 5.97 Å². The number of thioether (sulfide) groups is 1. The first kappa shape index (κ1) is 18.5. The highest BCUT2D eigenvalue weighted by atomic mass is 32.2. The molecule has 0 saturated carbocycles. The molecule has 1 heterocycles. The highest BCUT2D eigenvalue weighted by Gasteiger charge is 2.21. The Morgan fingerprint density at radius 2 is 1.88 bits per heavy atom. The second-order valence-electron chi connectivity index (χ2n) is 5.28. The molecule has 0 radical (unpaired) electrons. The lowest BCUT2D eigenvalue weighted by atomic mass is 10.1. The van der Waals surface area contributed by atoms with Gasteiger partial charge in [-0.25, -0.2) is 4.79 Å². The quantitative estimate of drug-likeness (QED) is 0.609. The van der Waals surface area contributed by atoms with Gasteiger partial charge in [0.25, 0.3) is 0 Å². The molecule has 0 atom stereocenters. The minimum atomic E-state index is -0.423. The highest BCUT2D eigenvalue weighted by molar-refractivity contribution is 7.99. The molecule has 0 unspecified atom stereocenters. The van der Waals surface area contributed by atoms with Gasteiger partial charge in [0, 0.05) is 9.77 Å². The largest absolute Gasteiger partial charge is 0.465 e. The molecule has 0 aliphatic rings. The number of aryl methyl sites for hydroxylation is 1. The summed E-state index contributed by atoms with van der Waals surface area (Å²) in [5.74, 6) is 0.457. The van der Waals surface area contributed by atoms with Crippen LogP contribution in [0.5, 0.6) is 0 Å². The predicted molar refractivity (Wildman–Crippen MR) is 100 cm³/mol. The maximum absolute atomic E-state index is 12.3. The van der Waals surface area contributed by atoms with Gasteiger partial charge in [0.05, 0.1) is 19.1 Å². The standard InChI is InChI=1S/C18H21NO3S2/c1-5-23-14-8-6-13(7-9-14)10-15(20)19-17-16(18(21)22-4)11(2)12(3)24-17/h6-9H,5,10H2,1-4H3,(H,19,20). The molecule has 1 amide bonds. The molecule has 24 heavy (non-hydrogen) atoms. The number of carbonyl (C=O) groups is 2. The predicted octanol–water partition coefficient (Wildman–Crippen LogP) is 4.44. The van der Waals surface area contributed by atoms with Crippen molar-refractivity contribution < 1.29 is 14.3 Å². The summed E-state index contributed by atoms with van der Waals surface area (Å²) in [5, 5.41) is 3.40. The van der Waals surface area contributed by atoms with E-state index in [0.717, 1.165) is 21.8 Å². The first-order valence-electron chi connectivity index (χ1n) is 7.66. The summed E-state index contributed by atoms with van der Waals surface area (Å²) in [6.45, 7) is 5.89. The second kappa shape index (κ2) is 8.35. The molecule has 4 nitrogen and oxygen atoms in total. The average Bonchev–Trinajstić information content (AvgIpc) is 2.83. The molecule has 0 aliphatic heterocycles. The number of esters is 1. The molecule has 1 aromatic heterocycles. The van der Waals surface area contributed by atoms with E-state index >= 15 is 0 Å². The van der Waals surface area contributed by atoms with Crippen molar-refractivity contribution in [2.24, 2.45) is 0 Å². The van der Waals surface area contributed by atoms with Crippen LogP contribution in [0.15, 0.2) is 29.2 Å². The molecule has 0 spiro atoms. The Morgan fingerprint density at radius 1 is 1.21 bits per heavy atom. The first-order chi connectivity index (χ1) is 11.5. The number of thiophene rings is 1. The summed E-state index contributed by atoms with van der Waals surface area (Å²) in [5.41, 5.74) is 2.24. The van der Waals surface area contributed by atoms with Crippen molar-refractivity contribution in [3.05, 3.63) is 45.8 Å². The first-order valence-corrected chi connectivity index (χ1v) is 9.46.